The molecule has 0 atom stereocenters. The summed E-state index contributed by atoms with van der Waals surface area (Å²) in [6, 6.07) is 0. The molecule has 0 aliphatic carbocycles. The van der Waals surface area contributed by atoms with Crippen molar-refractivity contribution in [3.8, 4) is 0 Å². The molecule has 7 heavy (non-hydrogen) atoms. The molecular formula is C2H7AgO3P. The molecule has 5 heteroatoms. The molecule has 0 amide bonds. The Labute approximate surface area is 59.5 Å². The van der Waals surface area contributed by atoms with Gasteiger partial charge in [0.2, 0.25) is 0 Å². The molecule has 0 rings (SSSR count). The predicted molar refractivity (Wildman–Crippen MR) is 23.2 cm³/mol. The average molecular weight is 218 g/mol. The second-order valence-electron chi connectivity index (χ2n) is 0.603. The van der Waals surface area contributed by atoms with Crippen LogP contribution in [0.3, 0.4) is 0 Å². The molecule has 0 aromatic carbocycles. The zero-order valence-corrected chi connectivity index (χ0v) is 6.39. The molecule has 0 aliphatic heterocycles. The minimum atomic E-state index is -1.58. The van der Waals surface area contributed by atoms with Crippen LogP contribution >= 0.6 is 8.60 Å². The van der Waals surface area contributed by atoms with E-state index < -0.39 is 8.60 Å². The monoisotopic (exact) mass is 217 g/mol. The molecule has 0 aliphatic rings. The van der Waals surface area contributed by atoms with Gasteiger partial charge in [-0.1, -0.05) is 0 Å². The fraction of sp³-hybridized carbons (Fsp3) is 1.00. The summed E-state index contributed by atoms with van der Waals surface area (Å²) < 4.78 is 8.59. The van der Waals surface area contributed by atoms with E-state index >= 15 is 0 Å². The first-order valence-corrected chi connectivity index (χ1v) is 2.51. The third-order valence-electron chi connectivity index (χ3n) is 0.312. The second kappa shape index (κ2) is 7.05. The van der Waals surface area contributed by atoms with Crippen molar-refractivity contribution < 1.29 is 36.3 Å². The number of hydrogen-bond acceptors (Lipinski definition) is 3. The van der Waals surface area contributed by atoms with Gasteiger partial charge in [0.15, 0.2) is 0 Å². The Balaban J connectivity index is 0. The summed E-state index contributed by atoms with van der Waals surface area (Å²) in [6.07, 6.45) is 0. The molecule has 0 unspecified atom stereocenters. The smallest absolute Gasteiger partial charge is 0.328 e. The van der Waals surface area contributed by atoms with Crippen molar-refractivity contribution in [2.24, 2.45) is 0 Å². The minimum absolute atomic E-state index is 0. The van der Waals surface area contributed by atoms with Gasteiger partial charge in [-0.15, -0.1) is 0 Å². The second-order valence-corrected chi connectivity index (χ2v) is 1.81. The van der Waals surface area contributed by atoms with E-state index in [1.54, 1.807) is 0 Å². The predicted octanol–water partition coefficient (Wildman–Crippen LogP) is 0.496. The van der Waals surface area contributed by atoms with Crippen molar-refractivity contribution >= 4 is 8.60 Å². The van der Waals surface area contributed by atoms with E-state index in [2.05, 4.69) is 9.05 Å². The van der Waals surface area contributed by atoms with Gasteiger partial charge in [-0.05, 0) is 0 Å². The Hall–Kier alpha value is 1.05. The van der Waals surface area contributed by atoms with Gasteiger partial charge < -0.3 is 13.9 Å². The maximum atomic E-state index is 8.29. The maximum absolute atomic E-state index is 8.29. The average Bonchev–Trinajstić information content (AvgIpc) is 1.65. The Kier molecular flexibility index (Phi) is 11.0. The normalized spacial score (nSPS) is 8.57. The molecule has 49 valence electrons. The summed E-state index contributed by atoms with van der Waals surface area (Å²) in [5.41, 5.74) is 0. The van der Waals surface area contributed by atoms with E-state index in [-0.39, 0.29) is 22.4 Å². The quantitative estimate of drug-likeness (QED) is 0.541. The van der Waals surface area contributed by atoms with Crippen molar-refractivity contribution in [2.45, 2.75) is 0 Å². The standard InChI is InChI=1S/C2H7O3P.Ag/c1-4-6(3)5-2;/h3H,1-2H3;. The first kappa shape index (κ1) is 10.9. The maximum Gasteiger partial charge on any atom is 0.329 e. The summed E-state index contributed by atoms with van der Waals surface area (Å²) in [5, 5.41) is 0. The molecule has 0 heterocycles. The first-order chi connectivity index (χ1) is 2.81. The number of hydrogen-bond donors (Lipinski definition) is 1. The topological polar surface area (TPSA) is 38.7 Å². The van der Waals surface area contributed by atoms with Crippen LogP contribution in [0.5, 0.6) is 0 Å². The van der Waals surface area contributed by atoms with Gasteiger partial charge in [-0.25, -0.2) is 0 Å². The molecule has 1 N–H and O–H groups in total. The van der Waals surface area contributed by atoms with Crippen LogP contribution in [0.15, 0.2) is 0 Å². The molecule has 3 nitrogen and oxygen atoms in total. The Bertz CT molecular complexity index is 32.1. The third-order valence-corrected chi connectivity index (χ3v) is 0.937. The molecule has 0 aromatic heterocycles. The molecule has 0 bridgehead atoms. The van der Waals surface area contributed by atoms with Crippen LogP contribution < -0.4 is 0 Å². The molecule has 1 radical (unpaired) electrons. The van der Waals surface area contributed by atoms with Gasteiger partial charge in [0.25, 0.3) is 0 Å². The Morgan fingerprint density at radius 2 is 1.57 bits per heavy atom. The van der Waals surface area contributed by atoms with Gasteiger partial charge in [0.1, 0.15) is 0 Å². The van der Waals surface area contributed by atoms with E-state index in [1.807, 2.05) is 0 Å². The largest absolute Gasteiger partial charge is 0.329 e. The minimum Gasteiger partial charge on any atom is -0.328 e. The van der Waals surface area contributed by atoms with Crippen molar-refractivity contribution in [2.75, 3.05) is 14.2 Å². The molecule has 0 spiro atoms. The molecular weight excluding hydrogens is 211 g/mol. The van der Waals surface area contributed by atoms with Crippen molar-refractivity contribution in [3.63, 3.8) is 0 Å². The van der Waals surface area contributed by atoms with Crippen molar-refractivity contribution in [1.29, 1.82) is 0 Å². The summed E-state index contributed by atoms with van der Waals surface area (Å²) in [4.78, 5) is 8.29. The Morgan fingerprint density at radius 3 is 1.57 bits per heavy atom. The zero-order valence-electron chi connectivity index (χ0n) is 4.01. The van der Waals surface area contributed by atoms with Crippen LogP contribution in [-0.2, 0) is 31.4 Å². The van der Waals surface area contributed by atoms with Gasteiger partial charge >= 0.3 is 8.60 Å². The van der Waals surface area contributed by atoms with Crippen LogP contribution in [0.2, 0.25) is 0 Å². The van der Waals surface area contributed by atoms with E-state index in [0.717, 1.165) is 0 Å². The van der Waals surface area contributed by atoms with Gasteiger partial charge in [-0.3, -0.25) is 0 Å². The summed E-state index contributed by atoms with van der Waals surface area (Å²) in [7, 11) is 1.19. The molecule has 0 aromatic rings. The summed E-state index contributed by atoms with van der Waals surface area (Å²) >= 11 is 0. The van der Waals surface area contributed by atoms with Crippen LogP contribution in [0.4, 0.5) is 0 Å². The summed E-state index contributed by atoms with van der Waals surface area (Å²) in [6.45, 7) is 0. The fourth-order valence-electron chi connectivity index (χ4n) is 0.0745. The van der Waals surface area contributed by atoms with E-state index in [9.17, 15) is 0 Å². The van der Waals surface area contributed by atoms with Gasteiger partial charge in [0, 0.05) is 36.6 Å². The third kappa shape index (κ3) is 7.05. The van der Waals surface area contributed by atoms with Crippen molar-refractivity contribution in [3.05, 3.63) is 0 Å². The van der Waals surface area contributed by atoms with Crippen LogP contribution in [0.1, 0.15) is 0 Å². The fourth-order valence-corrected chi connectivity index (χ4v) is 0.224. The number of rotatable bonds is 2. The Morgan fingerprint density at radius 1 is 1.29 bits per heavy atom. The molecule has 0 saturated heterocycles. The van der Waals surface area contributed by atoms with E-state index in [1.165, 1.54) is 14.2 Å². The van der Waals surface area contributed by atoms with Gasteiger partial charge in [-0.2, -0.15) is 0 Å². The van der Waals surface area contributed by atoms with E-state index in [0.29, 0.717) is 0 Å². The van der Waals surface area contributed by atoms with E-state index in [4.69, 9.17) is 4.89 Å². The van der Waals surface area contributed by atoms with Crippen LogP contribution in [0.25, 0.3) is 0 Å². The van der Waals surface area contributed by atoms with Gasteiger partial charge in [0.05, 0.1) is 0 Å². The zero-order chi connectivity index (χ0) is 4.99. The summed E-state index contributed by atoms with van der Waals surface area (Å²) in [5.74, 6) is 0. The van der Waals surface area contributed by atoms with Crippen LogP contribution in [0, 0.1) is 0 Å². The first-order valence-electron chi connectivity index (χ1n) is 1.38. The van der Waals surface area contributed by atoms with Crippen LogP contribution in [-0.4, -0.2) is 19.1 Å². The molecule has 0 saturated carbocycles. The van der Waals surface area contributed by atoms with Crippen molar-refractivity contribution in [1.82, 2.24) is 0 Å². The SMILES string of the molecule is COP(O)OC.[Ag]. The molecule has 0 fully saturated rings.